The number of ether oxygens (including phenoxy) is 2. The van der Waals surface area contributed by atoms with Crippen LogP contribution in [0, 0.1) is 5.92 Å². The summed E-state index contributed by atoms with van der Waals surface area (Å²) in [6.07, 6.45) is 6.05. The molecule has 1 heterocycles. The van der Waals surface area contributed by atoms with Crippen LogP contribution >= 0.6 is 0 Å². The highest BCUT2D eigenvalue weighted by atomic mass is 16.5. The van der Waals surface area contributed by atoms with Gasteiger partial charge < -0.3 is 15.2 Å². The van der Waals surface area contributed by atoms with Crippen LogP contribution in [0.2, 0.25) is 0 Å². The average molecular weight is 213 g/mol. The maximum Gasteiger partial charge on any atom is 0.0817 e. The first-order chi connectivity index (χ1) is 7.24. The Kier molecular flexibility index (Phi) is 3.65. The van der Waals surface area contributed by atoms with Gasteiger partial charge in [-0.15, -0.1) is 0 Å². The van der Waals surface area contributed by atoms with E-state index in [2.05, 4.69) is 6.92 Å². The monoisotopic (exact) mass is 213 g/mol. The molecule has 15 heavy (non-hydrogen) atoms. The lowest BCUT2D eigenvalue weighted by Gasteiger charge is -2.34. The van der Waals surface area contributed by atoms with Gasteiger partial charge in [0, 0.05) is 13.2 Å². The highest BCUT2D eigenvalue weighted by Gasteiger charge is 2.39. The van der Waals surface area contributed by atoms with Crippen LogP contribution in [0.3, 0.4) is 0 Å². The van der Waals surface area contributed by atoms with Crippen molar-refractivity contribution in [3.05, 3.63) is 0 Å². The van der Waals surface area contributed by atoms with Crippen LogP contribution in [-0.2, 0) is 9.47 Å². The molecule has 3 unspecified atom stereocenters. The normalized spacial score (nSPS) is 42.0. The summed E-state index contributed by atoms with van der Waals surface area (Å²) >= 11 is 0. The summed E-state index contributed by atoms with van der Waals surface area (Å²) in [5.41, 5.74) is 5.85. The Morgan fingerprint density at radius 2 is 2.33 bits per heavy atom. The van der Waals surface area contributed by atoms with Crippen molar-refractivity contribution >= 4 is 0 Å². The summed E-state index contributed by atoms with van der Waals surface area (Å²) in [5.74, 6) is 0.762. The van der Waals surface area contributed by atoms with E-state index in [4.69, 9.17) is 15.2 Å². The Morgan fingerprint density at radius 3 is 2.87 bits per heavy atom. The quantitative estimate of drug-likeness (QED) is 0.776. The van der Waals surface area contributed by atoms with Crippen LogP contribution in [0.4, 0.5) is 0 Å². The van der Waals surface area contributed by atoms with Gasteiger partial charge in [-0.05, 0) is 38.0 Å². The summed E-state index contributed by atoms with van der Waals surface area (Å²) in [7, 11) is 0. The Morgan fingerprint density at radius 1 is 1.47 bits per heavy atom. The molecule has 0 bridgehead atoms. The number of hydrogen-bond donors (Lipinski definition) is 1. The van der Waals surface area contributed by atoms with Gasteiger partial charge in [0.25, 0.3) is 0 Å². The van der Waals surface area contributed by atoms with E-state index < -0.39 is 0 Å². The zero-order valence-corrected chi connectivity index (χ0v) is 9.71. The molecule has 3 atom stereocenters. The predicted octanol–water partition coefficient (Wildman–Crippen LogP) is 1.70. The highest BCUT2D eigenvalue weighted by Crippen LogP contribution is 2.38. The van der Waals surface area contributed by atoms with Crippen LogP contribution in [-0.4, -0.2) is 31.5 Å². The smallest absolute Gasteiger partial charge is 0.0817 e. The molecule has 3 nitrogen and oxygen atoms in total. The Hall–Kier alpha value is -0.120. The van der Waals surface area contributed by atoms with Gasteiger partial charge in [-0.1, -0.05) is 6.92 Å². The second-order valence-corrected chi connectivity index (χ2v) is 5.19. The fourth-order valence-corrected chi connectivity index (χ4v) is 2.85. The van der Waals surface area contributed by atoms with E-state index in [1.165, 1.54) is 6.42 Å². The molecule has 1 saturated heterocycles. The van der Waals surface area contributed by atoms with E-state index in [9.17, 15) is 0 Å². The van der Waals surface area contributed by atoms with E-state index in [0.717, 1.165) is 44.8 Å². The highest BCUT2D eigenvalue weighted by molar-refractivity contribution is 4.91. The predicted molar refractivity (Wildman–Crippen MR) is 59.7 cm³/mol. The minimum Gasteiger partial charge on any atom is -0.379 e. The van der Waals surface area contributed by atoms with Crippen LogP contribution in [0.1, 0.15) is 39.0 Å². The maximum absolute atomic E-state index is 6.21. The van der Waals surface area contributed by atoms with Gasteiger partial charge in [0.1, 0.15) is 0 Å². The first-order valence-corrected chi connectivity index (χ1v) is 6.20. The van der Waals surface area contributed by atoms with Gasteiger partial charge in [-0.2, -0.15) is 0 Å². The van der Waals surface area contributed by atoms with E-state index >= 15 is 0 Å². The van der Waals surface area contributed by atoms with Gasteiger partial charge in [0.15, 0.2) is 0 Å². The lowest BCUT2D eigenvalue weighted by atomic mass is 9.99. The van der Waals surface area contributed by atoms with Crippen molar-refractivity contribution in [2.24, 2.45) is 11.7 Å². The van der Waals surface area contributed by atoms with Crippen molar-refractivity contribution in [2.45, 2.75) is 50.7 Å². The Labute approximate surface area is 92.3 Å². The van der Waals surface area contributed by atoms with Crippen molar-refractivity contribution in [2.75, 3.05) is 19.8 Å². The van der Waals surface area contributed by atoms with Crippen LogP contribution in [0.15, 0.2) is 0 Å². The molecule has 0 radical (unpaired) electrons. The molecule has 0 aromatic heterocycles. The molecule has 2 rings (SSSR count). The molecule has 88 valence electrons. The van der Waals surface area contributed by atoms with E-state index in [-0.39, 0.29) is 11.7 Å². The van der Waals surface area contributed by atoms with Crippen molar-refractivity contribution in [3.8, 4) is 0 Å². The molecule has 2 aliphatic rings. The molecule has 3 heteroatoms. The minimum absolute atomic E-state index is 0.0369. The van der Waals surface area contributed by atoms with Crippen molar-refractivity contribution in [3.63, 3.8) is 0 Å². The van der Waals surface area contributed by atoms with Crippen LogP contribution in [0.25, 0.3) is 0 Å². The fraction of sp³-hybridized carbons (Fsp3) is 1.00. The second-order valence-electron chi connectivity index (χ2n) is 5.19. The second kappa shape index (κ2) is 4.81. The summed E-state index contributed by atoms with van der Waals surface area (Å²) in [6.45, 7) is 4.61. The first-order valence-electron chi connectivity index (χ1n) is 6.20. The van der Waals surface area contributed by atoms with Gasteiger partial charge in [-0.3, -0.25) is 0 Å². The zero-order chi connectivity index (χ0) is 10.7. The molecular weight excluding hydrogens is 190 g/mol. The van der Waals surface area contributed by atoms with E-state index in [1.807, 2.05) is 0 Å². The molecule has 0 spiro atoms. The van der Waals surface area contributed by atoms with Gasteiger partial charge >= 0.3 is 0 Å². The molecule has 1 aliphatic heterocycles. The Balaban J connectivity index is 1.89. The molecule has 2 fully saturated rings. The summed E-state index contributed by atoms with van der Waals surface area (Å²) < 4.78 is 11.7. The number of hydrogen-bond acceptors (Lipinski definition) is 3. The zero-order valence-electron chi connectivity index (χ0n) is 9.71. The molecule has 1 saturated carbocycles. The van der Waals surface area contributed by atoms with Gasteiger partial charge in [0.05, 0.1) is 18.3 Å². The lowest BCUT2D eigenvalue weighted by Crippen LogP contribution is -2.43. The topological polar surface area (TPSA) is 44.5 Å². The number of rotatable bonds is 3. The summed E-state index contributed by atoms with van der Waals surface area (Å²) in [5, 5.41) is 0. The standard InChI is InChI=1S/C12H23NO2/c1-10-4-5-12(7-10,9-13)15-11-3-2-6-14-8-11/h10-11H,2-9,13H2,1H3. The van der Waals surface area contributed by atoms with Crippen molar-refractivity contribution in [1.82, 2.24) is 0 Å². The van der Waals surface area contributed by atoms with Crippen LogP contribution < -0.4 is 5.73 Å². The molecule has 0 aromatic rings. The Bertz CT molecular complexity index is 204. The van der Waals surface area contributed by atoms with Gasteiger partial charge in [0.2, 0.25) is 0 Å². The van der Waals surface area contributed by atoms with E-state index in [1.54, 1.807) is 0 Å². The first kappa shape index (κ1) is 11.4. The third kappa shape index (κ3) is 2.71. The number of nitrogens with two attached hydrogens (primary N) is 1. The molecule has 0 aromatic carbocycles. The summed E-state index contributed by atoms with van der Waals surface area (Å²) in [6, 6.07) is 0. The van der Waals surface area contributed by atoms with E-state index in [0.29, 0.717) is 6.54 Å². The lowest BCUT2D eigenvalue weighted by molar-refractivity contribution is -0.131. The minimum atomic E-state index is -0.0369. The van der Waals surface area contributed by atoms with Crippen molar-refractivity contribution < 1.29 is 9.47 Å². The SMILES string of the molecule is CC1CCC(CN)(OC2CCCOC2)C1. The average Bonchev–Trinajstić information content (AvgIpc) is 2.62. The largest absolute Gasteiger partial charge is 0.379 e. The molecular formula is C12H23NO2. The summed E-state index contributed by atoms with van der Waals surface area (Å²) in [4.78, 5) is 0. The maximum atomic E-state index is 6.21. The third-order valence-electron chi connectivity index (χ3n) is 3.72. The van der Waals surface area contributed by atoms with Gasteiger partial charge in [-0.25, -0.2) is 0 Å². The third-order valence-corrected chi connectivity index (χ3v) is 3.72. The molecule has 2 N–H and O–H groups in total. The molecule has 1 aliphatic carbocycles. The van der Waals surface area contributed by atoms with Crippen molar-refractivity contribution in [1.29, 1.82) is 0 Å². The van der Waals surface area contributed by atoms with Crippen LogP contribution in [0.5, 0.6) is 0 Å². The fourth-order valence-electron chi connectivity index (χ4n) is 2.85. The molecule has 0 amide bonds.